The third-order valence-electron chi connectivity index (χ3n) is 4.41. The van der Waals surface area contributed by atoms with Crippen LogP contribution in [0.1, 0.15) is 39.3 Å². The molecule has 30 heavy (non-hydrogen) atoms. The van der Waals surface area contributed by atoms with Gasteiger partial charge < -0.3 is 9.73 Å². The molecule has 2 aromatic carbocycles. The molecule has 0 radical (unpaired) electrons. The first-order chi connectivity index (χ1) is 14.4. The lowest BCUT2D eigenvalue weighted by molar-refractivity contribution is -0.121. The van der Waals surface area contributed by atoms with E-state index in [1.165, 1.54) is 0 Å². The summed E-state index contributed by atoms with van der Waals surface area (Å²) in [6.45, 7) is 1.84. The summed E-state index contributed by atoms with van der Waals surface area (Å²) in [5.41, 5.74) is 5.51. The largest absolute Gasteiger partial charge is 0.451 e. The van der Waals surface area contributed by atoms with Crippen molar-refractivity contribution >= 4 is 28.7 Å². The van der Waals surface area contributed by atoms with Crippen molar-refractivity contribution in [3.63, 3.8) is 0 Å². The van der Waals surface area contributed by atoms with Crippen LogP contribution in [0.2, 0.25) is 0 Å². The molecule has 0 fully saturated rings. The number of furan rings is 1. The number of carbonyl (C=O) groups excluding carboxylic acids is 3. The molecule has 0 bridgehead atoms. The van der Waals surface area contributed by atoms with Crippen LogP contribution in [0.3, 0.4) is 0 Å². The summed E-state index contributed by atoms with van der Waals surface area (Å²) in [6.07, 6.45) is 0.255. The summed E-state index contributed by atoms with van der Waals surface area (Å²) in [4.78, 5) is 36.0. The van der Waals surface area contributed by atoms with Gasteiger partial charge in [0.05, 0.1) is 5.56 Å². The maximum atomic E-state index is 13.5. The molecule has 0 saturated carbocycles. The van der Waals surface area contributed by atoms with E-state index in [9.17, 15) is 23.2 Å². The first-order valence-corrected chi connectivity index (χ1v) is 9.17. The Bertz CT molecular complexity index is 1110. The minimum absolute atomic E-state index is 0.00553. The van der Waals surface area contributed by atoms with Gasteiger partial charge in [0, 0.05) is 30.0 Å². The standard InChI is InChI=1S/C21H19F2N3O4/c1-12-14-5-2-3-6-17(14)30-19(12)21(29)26-25-18(27)7-4-10-24-20(28)15-9-8-13(22)11-16(15)23/h2-3,5-6,8-9,11H,4,7,10H2,1H3,(H,24,28)(H,25,27)(H,26,29). The van der Waals surface area contributed by atoms with Crippen molar-refractivity contribution in [3.8, 4) is 0 Å². The number of hydrazine groups is 1. The number of aryl methyl sites for hydroxylation is 1. The molecule has 3 aromatic rings. The molecule has 0 unspecified atom stereocenters. The van der Waals surface area contributed by atoms with Gasteiger partial charge in [0.1, 0.15) is 17.2 Å². The molecule has 0 aliphatic carbocycles. The Morgan fingerprint density at radius 3 is 2.50 bits per heavy atom. The van der Waals surface area contributed by atoms with Crippen molar-refractivity contribution in [2.75, 3.05) is 6.54 Å². The number of para-hydroxylation sites is 1. The lowest BCUT2D eigenvalue weighted by Gasteiger charge is -2.08. The smallest absolute Gasteiger partial charge is 0.305 e. The number of halogens is 2. The van der Waals surface area contributed by atoms with Gasteiger partial charge in [0.25, 0.3) is 5.91 Å². The van der Waals surface area contributed by atoms with Crippen LogP contribution in [0.15, 0.2) is 46.9 Å². The summed E-state index contributed by atoms with van der Waals surface area (Å²) >= 11 is 0. The van der Waals surface area contributed by atoms with Gasteiger partial charge in [0.15, 0.2) is 5.76 Å². The Morgan fingerprint density at radius 1 is 1.00 bits per heavy atom. The highest BCUT2D eigenvalue weighted by atomic mass is 19.1. The van der Waals surface area contributed by atoms with Crippen LogP contribution >= 0.6 is 0 Å². The molecular formula is C21H19F2N3O4. The Balaban J connectivity index is 1.42. The molecule has 0 aliphatic rings. The van der Waals surface area contributed by atoms with Crippen LogP contribution in [-0.4, -0.2) is 24.3 Å². The van der Waals surface area contributed by atoms with E-state index in [1.807, 2.05) is 12.1 Å². The zero-order valence-corrected chi connectivity index (χ0v) is 16.1. The number of amides is 3. The summed E-state index contributed by atoms with van der Waals surface area (Å²) < 4.78 is 31.9. The Kier molecular flexibility index (Phi) is 6.41. The van der Waals surface area contributed by atoms with Crippen LogP contribution in [0.25, 0.3) is 11.0 Å². The lowest BCUT2D eigenvalue weighted by atomic mass is 10.1. The Labute approximate surface area is 170 Å². The Morgan fingerprint density at radius 2 is 1.77 bits per heavy atom. The maximum Gasteiger partial charge on any atom is 0.305 e. The molecule has 3 N–H and O–H groups in total. The van der Waals surface area contributed by atoms with Crippen molar-refractivity contribution in [3.05, 3.63) is 71.0 Å². The summed E-state index contributed by atoms with van der Waals surface area (Å²) in [5, 5.41) is 3.25. The fourth-order valence-corrected chi connectivity index (χ4v) is 2.86. The average molecular weight is 415 g/mol. The second-order valence-electron chi connectivity index (χ2n) is 6.54. The number of carbonyl (C=O) groups is 3. The van der Waals surface area contributed by atoms with Crippen LogP contribution < -0.4 is 16.2 Å². The van der Waals surface area contributed by atoms with Crippen molar-refractivity contribution in [1.82, 2.24) is 16.2 Å². The van der Waals surface area contributed by atoms with Crippen LogP contribution in [0, 0.1) is 18.6 Å². The topological polar surface area (TPSA) is 100 Å². The number of benzene rings is 2. The predicted octanol–water partition coefficient (Wildman–Crippen LogP) is 2.99. The van der Waals surface area contributed by atoms with Crippen LogP contribution in [-0.2, 0) is 4.79 Å². The molecule has 3 amide bonds. The third kappa shape index (κ3) is 4.80. The number of nitrogens with one attached hydrogen (secondary N) is 3. The zero-order chi connectivity index (χ0) is 21.7. The molecule has 9 heteroatoms. The number of rotatable bonds is 6. The first-order valence-electron chi connectivity index (χ1n) is 9.17. The molecule has 1 aromatic heterocycles. The van der Waals surface area contributed by atoms with E-state index in [1.54, 1.807) is 19.1 Å². The highest BCUT2D eigenvalue weighted by molar-refractivity contribution is 5.99. The first kappa shape index (κ1) is 21.0. The lowest BCUT2D eigenvalue weighted by Crippen LogP contribution is -2.41. The van der Waals surface area contributed by atoms with Crippen LogP contribution in [0.5, 0.6) is 0 Å². The molecule has 0 aliphatic heterocycles. The quantitative estimate of drug-likeness (QED) is 0.426. The molecule has 156 valence electrons. The van der Waals surface area contributed by atoms with Crippen molar-refractivity contribution in [1.29, 1.82) is 0 Å². The summed E-state index contributed by atoms with van der Waals surface area (Å²) in [6, 6.07) is 9.84. The number of hydrogen-bond donors (Lipinski definition) is 3. The highest BCUT2D eigenvalue weighted by Gasteiger charge is 2.18. The number of fused-ring (bicyclic) bond motifs is 1. The zero-order valence-electron chi connectivity index (χ0n) is 16.1. The molecule has 0 spiro atoms. The summed E-state index contributed by atoms with van der Waals surface area (Å²) in [5.74, 6) is -3.41. The normalized spacial score (nSPS) is 10.6. The van der Waals surface area contributed by atoms with Gasteiger partial charge in [-0.2, -0.15) is 0 Å². The van der Waals surface area contributed by atoms with Gasteiger partial charge in [-0.25, -0.2) is 8.78 Å². The molecular weight excluding hydrogens is 396 g/mol. The van der Waals surface area contributed by atoms with E-state index >= 15 is 0 Å². The van der Waals surface area contributed by atoms with Gasteiger partial charge in [0.2, 0.25) is 5.91 Å². The second-order valence-corrected chi connectivity index (χ2v) is 6.54. The molecule has 0 atom stereocenters. The Hall–Kier alpha value is -3.75. The minimum atomic E-state index is -0.964. The fraction of sp³-hybridized carbons (Fsp3) is 0.190. The summed E-state index contributed by atoms with van der Waals surface area (Å²) in [7, 11) is 0. The maximum absolute atomic E-state index is 13.5. The van der Waals surface area contributed by atoms with E-state index in [2.05, 4.69) is 16.2 Å². The second kappa shape index (κ2) is 9.17. The van der Waals surface area contributed by atoms with E-state index in [-0.39, 0.29) is 30.7 Å². The molecule has 3 rings (SSSR count). The van der Waals surface area contributed by atoms with Crippen molar-refractivity contribution in [2.24, 2.45) is 0 Å². The monoisotopic (exact) mass is 415 g/mol. The van der Waals surface area contributed by atoms with Crippen LogP contribution in [0.4, 0.5) is 8.78 Å². The molecule has 7 nitrogen and oxygen atoms in total. The number of hydrogen-bond acceptors (Lipinski definition) is 4. The molecule has 0 saturated heterocycles. The molecule has 1 heterocycles. The van der Waals surface area contributed by atoms with E-state index in [0.29, 0.717) is 17.2 Å². The van der Waals surface area contributed by atoms with E-state index < -0.39 is 29.4 Å². The van der Waals surface area contributed by atoms with Gasteiger partial charge in [-0.05, 0) is 31.5 Å². The van der Waals surface area contributed by atoms with Gasteiger partial charge in [-0.1, -0.05) is 18.2 Å². The highest BCUT2D eigenvalue weighted by Crippen LogP contribution is 2.24. The van der Waals surface area contributed by atoms with Gasteiger partial charge >= 0.3 is 5.91 Å². The SMILES string of the molecule is Cc1c(C(=O)NNC(=O)CCCNC(=O)c2ccc(F)cc2F)oc2ccccc12. The minimum Gasteiger partial charge on any atom is -0.451 e. The van der Waals surface area contributed by atoms with Crippen molar-refractivity contribution < 1.29 is 27.6 Å². The van der Waals surface area contributed by atoms with Crippen molar-refractivity contribution in [2.45, 2.75) is 19.8 Å². The predicted molar refractivity (Wildman–Crippen MR) is 104 cm³/mol. The van der Waals surface area contributed by atoms with E-state index in [0.717, 1.165) is 17.5 Å². The fourth-order valence-electron chi connectivity index (χ4n) is 2.86. The van der Waals surface area contributed by atoms with E-state index in [4.69, 9.17) is 4.42 Å². The third-order valence-corrected chi connectivity index (χ3v) is 4.41. The average Bonchev–Trinajstić information content (AvgIpc) is 3.06. The van der Waals surface area contributed by atoms with Gasteiger partial charge in [-0.15, -0.1) is 0 Å². The van der Waals surface area contributed by atoms with Gasteiger partial charge in [-0.3, -0.25) is 25.2 Å².